The fourth-order valence-corrected chi connectivity index (χ4v) is 2.55. The van der Waals surface area contributed by atoms with Crippen LogP contribution in [0.1, 0.15) is 53.4 Å². The van der Waals surface area contributed by atoms with E-state index < -0.39 is 6.10 Å². The third-order valence-electron chi connectivity index (χ3n) is 4.20. The summed E-state index contributed by atoms with van der Waals surface area (Å²) in [5.74, 6) is 1.01. The SMILES string of the molecule is CC(C)C(O)C(C)(C)CNC(=O)NCCC1CCC1. The lowest BCUT2D eigenvalue weighted by Gasteiger charge is -2.33. The van der Waals surface area contributed by atoms with Crippen LogP contribution in [0.2, 0.25) is 0 Å². The van der Waals surface area contributed by atoms with E-state index in [4.69, 9.17) is 0 Å². The Hall–Kier alpha value is -0.770. The zero-order valence-electron chi connectivity index (χ0n) is 12.8. The Balaban J connectivity index is 2.17. The number of amides is 2. The molecule has 0 saturated heterocycles. The normalized spacial score (nSPS) is 18.0. The van der Waals surface area contributed by atoms with Crippen molar-refractivity contribution in [3.63, 3.8) is 0 Å². The van der Waals surface area contributed by atoms with E-state index in [2.05, 4.69) is 10.6 Å². The van der Waals surface area contributed by atoms with Gasteiger partial charge in [-0.3, -0.25) is 0 Å². The van der Waals surface area contributed by atoms with Crippen LogP contribution in [0, 0.1) is 17.3 Å². The predicted octanol–water partition coefficient (Wildman–Crippen LogP) is 2.52. The monoisotopic (exact) mass is 270 g/mol. The molecule has 1 fully saturated rings. The predicted molar refractivity (Wildman–Crippen MR) is 78.0 cm³/mol. The average Bonchev–Trinajstić information content (AvgIpc) is 2.28. The molecule has 2 amide bonds. The number of carbonyl (C=O) groups excluding carboxylic acids is 1. The van der Waals surface area contributed by atoms with Crippen molar-refractivity contribution in [2.24, 2.45) is 17.3 Å². The Morgan fingerprint density at radius 1 is 1.32 bits per heavy atom. The first-order chi connectivity index (χ1) is 8.83. The van der Waals surface area contributed by atoms with Gasteiger partial charge in [0.05, 0.1) is 6.10 Å². The van der Waals surface area contributed by atoms with Crippen LogP contribution in [0.25, 0.3) is 0 Å². The largest absolute Gasteiger partial charge is 0.392 e. The van der Waals surface area contributed by atoms with Gasteiger partial charge in [0.15, 0.2) is 0 Å². The summed E-state index contributed by atoms with van der Waals surface area (Å²) in [6.07, 6.45) is 4.65. The van der Waals surface area contributed by atoms with Crippen LogP contribution >= 0.6 is 0 Å². The highest BCUT2D eigenvalue weighted by atomic mass is 16.3. The molecule has 112 valence electrons. The average molecular weight is 270 g/mol. The van der Waals surface area contributed by atoms with E-state index in [9.17, 15) is 9.90 Å². The van der Waals surface area contributed by atoms with Crippen molar-refractivity contribution >= 4 is 6.03 Å². The molecule has 1 aliphatic rings. The summed E-state index contributed by atoms with van der Waals surface area (Å²) < 4.78 is 0. The van der Waals surface area contributed by atoms with Crippen LogP contribution in [-0.2, 0) is 0 Å². The maximum Gasteiger partial charge on any atom is 0.314 e. The van der Waals surface area contributed by atoms with Crippen LogP contribution in [0.15, 0.2) is 0 Å². The molecule has 1 unspecified atom stereocenters. The molecule has 0 aromatic heterocycles. The Morgan fingerprint density at radius 3 is 2.42 bits per heavy atom. The molecule has 0 radical (unpaired) electrons. The quantitative estimate of drug-likeness (QED) is 0.665. The van der Waals surface area contributed by atoms with E-state index in [1.54, 1.807) is 0 Å². The number of urea groups is 1. The first kappa shape index (κ1) is 16.3. The topological polar surface area (TPSA) is 61.4 Å². The molecule has 3 N–H and O–H groups in total. The standard InChI is InChI=1S/C15H30N2O2/c1-11(2)13(18)15(3,4)10-17-14(19)16-9-8-12-6-5-7-12/h11-13,18H,5-10H2,1-4H3,(H2,16,17,19). The molecule has 0 aromatic carbocycles. The van der Waals surface area contributed by atoms with E-state index in [0.717, 1.165) is 18.9 Å². The van der Waals surface area contributed by atoms with Gasteiger partial charge >= 0.3 is 6.03 Å². The minimum Gasteiger partial charge on any atom is -0.392 e. The van der Waals surface area contributed by atoms with Crippen molar-refractivity contribution < 1.29 is 9.90 Å². The zero-order valence-corrected chi connectivity index (χ0v) is 12.8. The molecule has 4 nitrogen and oxygen atoms in total. The molecular formula is C15H30N2O2. The van der Waals surface area contributed by atoms with Crippen molar-refractivity contribution in [3.8, 4) is 0 Å². The minimum absolute atomic E-state index is 0.122. The van der Waals surface area contributed by atoms with Crippen molar-refractivity contribution in [1.82, 2.24) is 10.6 Å². The lowest BCUT2D eigenvalue weighted by atomic mass is 9.81. The Kier molecular flexibility index (Phi) is 6.11. The number of hydrogen-bond acceptors (Lipinski definition) is 2. The maximum absolute atomic E-state index is 11.7. The summed E-state index contributed by atoms with van der Waals surface area (Å²) in [5, 5.41) is 15.8. The minimum atomic E-state index is -0.414. The summed E-state index contributed by atoms with van der Waals surface area (Å²) in [7, 11) is 0. The first-order valence-corrected chi connectivity index (χ1v) is 7.52. The van der Waals surface area contributed by atoms with Gasteiger partial charge in [0.2, 0.25) is 0 Å². The molecule has 1 aliphatic carbocycles. The van der Waals surface area contributed by atoms with Gasteiger partial charge in [-0.25, -0.2) is 4.79 Å². The van der Waals surface area contributed by atoms with Crippen molar-refractivity contribution in [2.75, 3.05) is 13.1 Å². The third-order valence-corrected chi connectivity index (χ3v) is 4.20. The van der Waals surface area contributed by atoms with E-state index in [-0.39, 0.29) is 17.4 Å². The maximum atomic E-state index is 11.7. The van der Waals surface area contributed by atoms with E-state index in [1.165, 1.54) is 19.3 Å². The molecular weight excluding hydrogens is 240 g/mol. The van der Waals surface area contributed by atoms with Gasteiger partial charge in [0.1, 0.15) is 0 Å². The summed E-state index contributed by atoms with van der Waals surface area (Å²) in [6, 6.07) is -0.122. The zero-order chi connectivity index (χ0) is 14.5. The molecule has 0 aromatic rings. The van der Waals surface area contributed by atoms with Crippen LogP contribution < -0.4 is 10.6 Å². The van der Waals surface area contributed by atoms with Crippen LogP contribution in [-0.4, -0.2) is 30.3 Å². The van der Waals surface area contributed by atoms with Crippen molar-refractivity contribution in [2.45, 2.75) is 59.5 Å². The second kappa shape index (κ2) is 7.13. The second-order valence-electron chi connectivity index (χ2n) is 6.87. The van der Waals surface area contributed by atoms with Crippen LogP contribution in [0.3, 0.4) is 0 Å². The summed E-state index contributed by atoms with van der Waals surface area (Å²) in [6.45, 7) is 9.18. The smallest absolute Gasteiger partial charge is 0.314 e. The number of aliphatic hydroxyl groups is 1. The van der Waals surface area contributed by atoms with Gasteiger partial charge in [-0.1, -0.05) is 47.0 Å². The molecule has 0 heterocycles. The van der Waals surface area contributed by atoms with Gasteiger partial charge in [0.25, 0.3) is 0 Å². The number of hydrogen-bond donors (Lipinski definition) is 3. The molecule has 0 spiro atoms. The molecule has 4 heteroatoms. The summed E-state index contributed by atoms with van der Waals surface area (Å²) in [4.78, 5) is 11.7. The van der Waals surface area contributed by atoms with Crippen LogP contribution in [0.4, 0.5) is 4.79 Å². The van der Waals surface area contributed by atoms with Gasteiger partial charge in [-0.05, 0) is 18.3 Å². The van der Waals surface area contributed by atoms with Gasteiger partial charge < -0.3 is 15.7 Å². The van der Waals surface area contributed by atoms with E-state index in [0.29, 0.717) is 6.54 Å². The molecule has 19 heavy (non-hydrogen) atoms. The van der Waals surface area contributed by atoms with Gasteiger partial charge in [-0.15, -0.1) is 0 Å². The van der Waals surface area contributed by atoms with E-state index >= 15 is 0 Å². The molecule has 1 saturated carbocycles. The molecule has 1 atom stereocenters. The number of aliphatic hydroxyl groups excluding tert-OH is 1. The molecule has 1 rings (SSSR count). The number of carbonyl (C=O) groups is 1. The van der Waals surface area contributed by atoms with Crippen molar-refractivity contribution in [1.29, 1.82) is 0 Å². The van der Waals surface area contributed by atoms with E-state index in [1.807, 2.05) is 27.7 Å². The highest BCUT2D eigenvalue weighted by molar-refractivity contribution is 5.73. The first-order valence-electron chi connectivity index (χ1n) is 7.52. The lowest BCUT2D eigenvalue weighted by Crippen LogP contribution is -2.46. The highest BCUT2D eigenvalue weighted by Gasteiger charge is 2.30. The highest BCUT2D eigenvalue weighted by Crippen LogP contribution is 2.28. The number of nitrogens with one attached hydrogen (secondary N) is 2. The second-order valence-corrected chi connectivity index (χ2v) is 6.87. The molecule has 0 bridgehead atoms. The fraction of sp³-hybridized carbons (Fsp3) is 0.933. The van der Waals surface area contributed by atoms with Gasteiger partial charge in [-0.2, -0.15) is 0 Å². The summed E-state index contributed by atoms with van der Waals surface area (Å²) >= 11 is 0. The van der Waals surface area contributed by atoms with Crippen LogP contribution in [0.5, 0.6) is 0 Å². The summed E-state index contributed by atoms with van der Waals surface area (Å²) in [5.41, 5.74) is -0.306. The van der Waals surface area contributed by atoms with Crippen molar-refractivity contribution in [3.05, 3.63) is 0 Å². The fourth-order valence-electron chi connectivity index (χ4n) is 2.55. The Labute approximate surface area is 117 Å². The lowest BCUT2D eigenvalue weighted by molar-refractivity contribution is 0.0151. The Morgan fingerprint density at radius 2 is 1.95 bits per heavy atom. The number of rotatable bonds is 7. The molecule has 0 aliphatic heterocycles. The third kappa shape index (κ3) is 5.39. The Bertz CT molecular complexity index is 286. The van der Waals surface area contributed by atoms with Gasteiger partial charge in [0, 0.05) is 18.5 Å².